The molecule has 0 N–H and O–H groups in total. The molecular formula is C19H28BrN5O2. The minimum Gasteiger partial charge on any atom is -0.444 e. The quantitative estimate of drug-likeness (QED) is 0.714. The molecule has 1 aliphatic heterocycles. The summed E-state index contributed by atoms with van der Waals surface area (Å²) in [5.74, 6) is 0.916. The van der Waals surface area contributed by atoms with Gasteiger partial charge in [-0.05, 0) is 57.0 Å². The summed E-state index contributed by atoms with van der Waals surface area (Å²) in [4.78, 5) is 21.3. The number of anilines is 1. The Balaban J connectivity index is 1.81. The Morgan fingerprint density at radius 1 is 1.37 bits per heavy atom. The first-order valence-electron chi connectivity index (χ1n) is 9.40. The summed E-state index contributed by atoms with van der Waals surface area (Å²) in [6.45, 7) is 13.9. The number of hydrogen-bond acceptors (Lipinski definition) is 5. The van der Waals surface area contributed by atoms with Gasteiger partial charge in [-0.15, -0.1) is 0 Å². The third-order valence-corrected chi connectivity index (χ3v) is 5.49. The summed E-state index contributed by atoms with van der Waals surface area (Å²) >= 11 is 3.64. The van der Waals surface area contributed by atoms with Gasteiger partial charge in [-0.25, -0.2) is 14.3 Å². The second-order valence-electron chi connectivity index (χ2n) is 8.07. The fourth-order valence-electron chi connectivity index (χ4n) is 3.31. The van der Waals surface area contributed by atoms with Gasteiger partial charge in [0.05, 0.1) is 10.2 Å². The van der Waals surface area contributed by atoms with Crippen LogP contribution in [0.25, 0.3) is 5.65 Å². The van der Waals surface area contributed by atoms with Gasteiger partial charge in [-0.2, -0.15) is 5.10 Å². The van der Waals surface area contributed by atoms with E-state index in [1.54, 1.807) is 4.90 Å². The number of carbonyl (C=O) groups is 1. The van der Waals surface area contributed by atoms with Crippen LogP contribution in [0.3, 0.4) is 0 Å². The van der Waals surface area contributed by atoms with E-state index in [0.29, 0.717) is 13.1 Å². The topological polar surface area (TPSA) is 63.0 Å². The summed E-state index contributed by atoms with van der Waals surface area (Å²) in [5, 5.41) is 4.62. The van der Waals surface area contributed by atoms with E-state index in [2.05, 4.69) is 38.9 Å². The Morgan fingerprint density at radius 2 is 2.07 bits per heavy atom. The van der Waals surface area contributed by atoms with Gasteiger partial charge in [0.15, 0.2) is 5.65 Å². The zero-order chi connectivity index (χ0) is 19.9. The highest BCUT2D eigenvalue weighted by molar-refractivity contribution is 9.10. The molecule has 1 atom stereocenters. The maximum atomic E-state index is 12.4. The van der Waals surface area contributed by atoms with Crippen LogP contribution in [0.5, 0.6) is 0 Å². The van der Waals surface area contributed by atoms with Crippen LogP contribution < -0.4 is 4.90 Å². The smallest absolute Gasteiger partial charge is 0.410 e. The van der Waals surface area contributed by atoms with E-state index >= 15 is 0 Å². The number of piperazine rings is 1. The fourth-order valence-corrected chi connectivity index (χ4v) is 3.93. The van der Waals surface area contributed by atoms with Crippen molar-refractivity contribution >= 4 is 33.5 Å². The van der Waals surface area contributed by atoms with Crippen LogP contribution in [0.1, 0.15) is 46.0 Å². The molecule has 0 aromatic carbocycles. The first-order valence-corrected chi connectivity index (χ1v) is 10.2. The number of nitrogens with zero attached hydrogens (tertiary/aromatic N) is 5. The number of carbonyl (C=O) groups excluding carboxylic acids is 1. The van der Waals surface area contributed by atoms with Crippen molar-refractivity contribution in [1.29, 1.82) is 0 Å². The second kappa shape index (κ2) is 7.30. The average Bonchev–Trinajstić information content (AvgIpc) is 2.90. The Hall–Kier alpha value is -1.83. The van der Waals surface area contributed by atoms with Gasteiger partial charge in [-0.1, -0.05) is 6.92 Å². The van der Waals surface area contributed by atoms with Gasteiger partial charge in [0, 0.05) is 37.4 Å². The van der Waals surface area contributed by atoms with Gasteiger partial charge in [-0.3, -0.25) is 0 Å². The van der Waals surface area contributed by atoms with Crippen molar-refractivity contribution in [1.82, 2.24) is 19.5 Å². The summed E-state index contributed by atoms with van der Waals surface area (Å²) < 4.78 is 8.37. The monoisotopic (exact) mass is 437 g/mol. The molecule has 1 saturated heterocycles. The van der Waals surface area contributed by atoms with E-state index in [-0.39, 0.29) is 12.1 Å². The summed E-state index contributed by atoms with van der Waals surface area (Å²) in [5.41, 5.74) is 2.40. The Labute approximate surface area is 168 Å². The van der Waals surface area contributed by atoms with Crippen molar-refractivity contribution in [3.63, 3.8) is 0 Å². The first-order chi connectivity index (χ1) is 12.6. The number of rotatable bonds is 2. The van der Waals surface area contributed by atoms with Gasteiger partial charge < -0.3 is 14.5 Å². The highest BCUT2D eigenvalue weighted by Gasteiger charge is 2.31. The van der Waals surface area contributed by atoms with Gasteiger partial charge in [0.25, 0.3) is 0 Å². The molecule has 0 radical (unpaired) electrons. The highest BCUT2D eigenvalue weighted by atomic mass is 79.9. The van der Waals surface area contributed by atoms with E-state index in [0.717, 1.165) is 40.3 Å². The maximum absolute atomic E-state index is 12.4. The van der Waals surface area contributed by atoms with Crippen LogP contribution in [0.15, 0.2) is 10.5 Å². The number of aryl methyl sites for hydroxylation is 2. The predicted octanol–water partition coefficient (Wildman–Crippen LogP) is 3.81. The van der Waals surface area contributed by atoms with Crippen molar-refractivity contribution in [2.45, 2.75) is 59.6 Å². The van der Waals surface area contributed by atoms with E-state index in [9.17, 15) is 4.79 Å². The number of fused-ring (bicyclic) bond motifs is 1. The summed E-state index contributed by atoms with van der Waals surface area (Å²) in [7, 11) is 0. The van der Waals surface area contributed by atoms with E-state index in [4.69, 9.17) is 9.72 Å². The molecule has 1 amide bonds. The van der Waals surface area contributed by atoms with E-state index < -0.39 is 5.60 Å². The molecule has 2 aromatic rings. The largest absolute Gasteiger partial charge is 0.444 e. The van der Waals surface area contributed by atoms with Crippen molar-refractivity contribution < 1.29 is 9.53 Å². The number of hydrogen-bond donors (Lipinski definition) is 0. The molecule has 1 aliphatic rings. The minimum atomic E-state index is -0.483. The zero-order valence-corrected chi connectivity index (χ0v) is 18.5. The lowest BCUT2D eigenvalue weighted by atomic mass is 10.2. The Bertz CT molecular complexity index is 858. The molecule has 0 bridgehead atoms. The van der Waals surface area contributed by atoms with Gasteiger partial charge >= 0.3 is 6.09 Å². The van der Waals surface area contributed by atoms with E-state index in [1.807, 2.05) is 39.1 Å². The molecular weight excluding hydrogens is 410 g/mol. The molecule has 3 heterocycles. The third kappa shape index (κ3) is 4.05. The molecule has 1 fully saturated rings. The van der Waals surface area contributed by atoms with Crippen molar-refractivity contribution in [3.05, 3.63) is 21.9 Å². The van der Waals surface area contributed by atoms with Crippen LogP contribution in [-0.4, -0.2) is 56.9 Å². The standard InChI is InChI=1S/C19H28BrN5O2/c1-7-14-16(20)17-21-15(10-12(2)25(17)22-14)23-8-9-24(13(3)11-23)18(26)27-19(4,5)6/h10,13H,7-9,11H2,1-6H3/t13-/m1/s1. The van der Waals surface area contributed by atoms with Gasteiger partial charge in [0.1, 0.15) is 11.4 Å². The van der Waals surface area contributed by atoms with Crippen LogP contribution >= 0.6 is 15.9 Å². The fraction of sp³-hybridized carbons (Fsp3) is 0.632. The lowest BCUT2D eigenvalue weighted by Gasteiger charge is -2.40. The Kier molecular flexibility index (Phi) is 5.38. The van der Waals surface area contributed by atoms with Gasteiger partial charge in [0.2, 0.25) is 0 Å². The zero-order valence-electron chi connectivity index (χ0n) is 16.9. The highest BCUT2D eigenvalue weighted by Crippen LogP contribution is 2.27. The number of amides is 1. The van der Waals surface area contributed by atoms with Crippen molar-refractivity contribution in [3.8, 4) is 0 Å². The number of halogens is 1. The minimum absolute atomic E-state index is 0.0477. The van der Waals surface area contributed by atoms with Crippen LogP contribution in [-0.2, 0) is 11.2 Å². The molecule has 8 heteroatoms. The second-order valence-corrected chi connectivity index (χ2v) is 8.87. The average molecular weight is 438 g/mol. The Morgan fingerprint density at radius 3 is 2.67 bits per heavy atom. The van der Waals surface area contributed by atoms with Crippen LogP contribution in [0.4, 0.5) is 10.6 Å². The number of ether oxygens (including phenoxy) is 1. The maximum Gasteiger partial charge on any atom is 0.410 e. The molecule has 0 unspecified atom stereocenters. The molecule has 2 aromatic heterocycles. The summed E-state index contributed by atoms with van der Waals surface area (Å²) in [6.07, 6.45) is 0.602. The third-order valence-electron chi connectivity index (χ3n) is 4.68. The normalized spacial score (nSPS) is 18.3. The number of aromatic nitrogens is 3. The molecule has 3 rings (SSSR count). The molecule has 0 saturated carbocycles. The molecule has 7 nitrogen and oxygen atoms in total. The lowest BCUT2D eigenvalue weighted by Crippen LogP contribution is -2.55. The predicted molar refractivity (Wildman–Crippen MR) is 109 cm³/mol. The molecule has 0 spiro atoms. The molecule has 148 valence electrons. The van der Waals surface area contributed by atoms with Crippen molar-refractivity contribution in [2.75, 3.05) is 24.5 Å². The van der Waals surface area contributed by atoms with Crippen molar-refractivity contribution in [2.24, 2.45) is 0 Å². The lowest BCUT2D eigenvalue weighted by molar-refractivity contribution is 0.0158. The van der Waals surface area contributed by atoms with E-state index in [1.165, 1.54) is 0 Å². The first kappa shape index (κ1) is 19.9. The van der Waals surface area contributed by atoms with Crippen LogP contribution in [0, 0.1) is 6.92 Å². The van der Waals surface area contributed by atoms with Crippen LogP contribution in [0.2, 0.25) is 0 Å². The summed E-state index contributed by atoms with van der Waals surface area (Å²) in [6, 6.07) is 2.10. The SMILES string of the molecule is CCc1nn2c(C)cc(N3CCN(C(=O)OC(C)(C)C)[C@H](C)C3)nc2c1Br. The molecule has 0 aliphatic carbocycles. The molecule has 27 heavy (non-hydrogen) atoms.